The lowest BCUT2D eigenvalue weighted by Crippen LogP contribution is -2.10. The van der Waals surface area contributed by atoms with Gasteiger partial charge < -0.3 is 4.74 Å². The highest BCUT2D eigenvalue weighted by molar-refractivity contribution is 5.43. The maximum Gasteiger partial charge on any atom is 0.240 e. The number of nitriles is 1. The average Bonchev–Trinajstić information content (AvgIpc) is 2.41. The number of hydrogen-bond donors (Lipinski definition) is 2. The third-order valence-corrected chi connectivity index (χ3v) is 2.29. The molecular weight excluding hydrogens is 230 g/mol. The summed E-state index contributed by atoms with van der Waals surface area (Å²) in [6.45, 7) is 1.89. The van der Waals surface area contributed by atoms with E-state index in [1.807, 2.05) is 13.0 Å². The number of nitrogen functional groups attached to an aromatic ring is 1. The molecule has 0 aliphatic rings. The van der Waals surface area contributed by atoms with Crippen LogP contribution in [0.5, 0.6) is 11.6 Å². The summed E-state index contributed by atoms with van der Waals surface area (Å²) in [5, 5.41) is 8.84. The minimum absolute atomic E-state index is 0.265. The number of aromatic nitrogens is 2. The Hall–Kier alpha value is -2.65. The Kier molecular flexibility index (Phi) is 3.36. The zero-order valence-corrected chi connectivity index (χ0v) is 9.71. The van der Waals surface area contributed by atoms with Gasteiger partial charge in [-0.25, -0.2) is 10.8 Å². The smallest absolute Gasteiger partial charge is 0.240 e. The summed E-state index contributed by atoms with van der Waals surface area (Å²) >= 11 is 0. The number of hydrogen-bond acceptors (Lipinski definition) is 6. The number of nitrogens with one attached hydrogen (secondary N) is 1. The number of rotatable bonds is 3. The van der Waals surface area contributed by atoms with E-state index in [2.05, 4.69) is 21.5 Å². The summed E-state index contributed by atoms with van der Waals surface area (Å²) in [6, 6.07) is 8.88. The Morgan fingerprint density at radius 3 is 2.94 bits per heavy atom. The van der Waals surface area contributed by atoms with E-state index in [1.54, 1.807) is 18.2 Å². The van der Waals surface area contributed by atoms with E-state index < -0.39 is 0 Å². The number of nitrogens with zero attached hydrogens (tertiary/aromatic N) is 3. The number of aryl methyl sites for hydroxylation is 1. The van der Waals surface area contributed by atoms with Gasteiger partial charge >= 0.3 is 0 Å². The second-order valence-electron chi connectivity index (χ2n) is 3.56. The summed E-state index contributed by atoms with van der Waals surface area (Å²) in [5.74, 6) is 6.42. The van der Waals surface area contributed by atoms with Gasteiger partial charge in [-0.1, -0.05) is 6.07 Å². The van der Waals surface area contributed by atoms with E-state index in [0.29, 0.717) is 17.2 Å². The third-order valence-electron chi connectivity index (χ3n) is 2.29. The molecule has 1 aromatic heterocycles. The Morgan fingerprint density at radius 2 is 2.22 bits per heavy atom. The Morgan fingerprint density at radius 1 is 1.39 bits per heavy atom. The summed E-state index contributed by atoms with van der Waals surface area (Å²) in [5.41, 5.74) is 3.78. The predicted octanol–water partition coefficient (Wildman–Crippen LogP) is 1.73. The van der Waals surface area contributed by atoms with Crippen molar-refractivity contribution < 1.29 is 4.74 Å². The van der Waals surface area contributed by atoms with Gasteiger partial charge in [0, 0.05) is 12.3 Å². The van der Waals surface area contributed by atoms with E-state index in [9.17, 15) is 0 Å². The monoisotopic (exact) mass is 241 g/mol. The first kappa shape index (κ1) is 11.8. The van der Waals surface area contributed by atoms with Crippen LogP contribution in [0.25, 0.3) is 0 Å². The highest BCUT2D eigenvalue weighted by Gasteiger charge is 2.05. The Balaban J connectivity index is 2.30. The van der Waals surface area contributed by atoms with Crippen molar-refractivity contribution in [3.63, 3.8) is 0 Å². The molecule has 0 amide bonds. The fourth-order valence-corrected chi connectivity index (χ4v) is 1.36. The van der Waals surface area contributed by atoms with Crippen LogP contribution in [0.4, 0.5) is 5.95 Å². The Bertz CT molecular complexity index is 606. The fourth-order valence-electron chi connectivity index (χ4n) is 1.36. The molecule has 2 aromatic rings. The summed E-state index contributed by atoms with van der Waals surface area (Å²) in [6.07, 6.45) is 1.53. The largest absolute Gasteiger partial charge is 0.439 e. The van der Waals surface area contributed by atoms with Gasteiger partial charge in [0.05, 0.1) is 11.6 Å². The van der Waals surface area contributed by atoms with Crippen LogP contribution in [-0.2, 0) is 0 Å². The number of ether oxygens (including phenoxy) is 1. The minimum atomic E-state index is 0.265. The van der Waals surface area contributed by atoms with Crippen molar-refractivity contribution in [1.82, 2.24) is 9.97 Å². The van der Waals surface area contributed by atoms with Crippen LogP contribution in [0.3, 0.4) is 0 Å². The van der Waals surface area contributed by atoms with Crippen molar-refractivity contribution in [3.8, 4) is 17.7 Å². The lowest BCUT2D eigenvalue weighted by Gasteiger charge is -2.08. The van der Waals surface area contributed by atoms with Gasteiger partial charge in [-0.15, -0.1) is 0 Å². The molecule has 0 fully saturated rings. The van der Waals surface area contributed by atoms with Crippen molar-refractivity contribution in [2.45, 2.75) is 6.92 Å². The first-order valence-corrected chi connectivity index (χ1v) is 5.21. The van der Waals surface area contributed by atoms with Crippen molar-refractivity contribution >= 4 is 5.95 Å². The molecule has 18 heavy (non-hydrogen) atoms. The van der Waals surface area contributed by atoms with Crippen LogP contribution in [0, 0.1) is 18.3 Å². The molecule has 2 rings (SSSR count). The first-order chi connectivity index (χ1) is 8.72. The predicted molar refractivity (Wildman–Crippen MR) is 65.8 cm³/mol. The van der Waals surface area contributed by atoms with Crippen molar-refractivity contribution in [3.05, 3.63) is 41.6 Å². The second-order valence-corrected chi connectivity index (χ2v) is 3.56. The molecule has 0 atom stereocenters. The van der Waals surface area contributed by atoms with Gasteiger partial charge in [0.15, 0.2) is 0 Å². The molecule has 0 saturated heterocycles. The highest BCUT2D eigenvalue weighted by Crippen LogP contribution is 2.24. The molecule has 90 valence electrons. The number of anilines is 1. The lowest BCUT2D eigenvalue weighted by atomic mass is 10.1. The fraction of sp³-hybridized carbons (Fsp3) is 0.0833. The zero-order chi connectivity index (χ0) is 13.0. The van der Waals surface area contributed by atoms with E-state index in [-0.39, 0.29) is 5.95 Å². The van der Waals surface area contributed by atoms with E-state index >= 15 is 0 Å². The second kappa shape index (κ2) is 5.12. The van der Waals surface area contributed by atoms with Gasteiger partial charge in [0.25, 0.3) is 0 Å². The highest BCUT2D eigenvalue weighted by atomic mass is 16.5. The summed E-state index contributed by atoms with van der Waals surface area (Å²) in [7, 11) is 0. The molecule has 0 bridgehead atoms. The molecule has 0 aliphatic carbocycles. The molecule has 0 unspecified atom stereocenters. The van der Waals surface area contributed by atoms with Crippen LogP contribution >= 0.6 is 0 Å². The molecule has 0 spiro atoms. The molecule has 0 aliphatic heterocycles. The lowest BCUT2D eigenvalue weighted by molar-refractivity contribution is 0.458. The van der Waals surface area contributed by atoms with Crippen LogP contribution in [0.15, 0.2) is 30.5 Å². The molecule has 0 saturated carbocycles. The maximum atomic E-state index is 8.84. The molecule has 1 aromatic carbocycles. The van der Waals surface area contributed by atoms with Crippen molar-refractivity contribution in [1.29, 1.82) is 5.26 Å². The number of hydrazine groups is 1. The summed E-state index contributed by atoms with van der Waals surface area (Å²) < 4.78 is 5.60. The Labute approximate surface area is 104 Å². The average molecular weight is 241 g/mol. The standard InChI is InChI=1S/C12H11N5O/c1-8-2-3-9(7-13)6-10(8)18-11-4-5-15-12(16-11)17-14/h2-6H,14H2,1H3,(H,15,16,17). The molecule has 6 heteroatoms. The number of benzene rings is 1. The van der Waals surface area contributed by atoms with Gasteiger partial charge in [0.1, 0.15) is 5.75 Å². The van der Waals surface area contributed by atoms with Crippen molar-refractivity contribution in [2.75, 3.05) is 5.43 Å². The molecule has 3 N–H and O–H groups in total. The first-order valence-electron chi connectivity index (χ1n) is 5.21. The maximum absolute atomic E-state index is 8.84. The van der Waals surface area contributed by atoms with Gasteiger partial charge in [-0.05, 0) is 24.6 Å². The van der Waals surface area contributed by atoms with Crippen LogP contribution in [0.1, 0.15) is 11.1 Å². The van der Waals surface area contributed by atoms with Crippen molar-refractivity contribution in [2.24, 2.45) is 5.84 Å². The topological polar surface area (TPSA) is 96.8 Å². The normalized spacial score (nSPS) is 9.61. The van der Waals surface area contributed by atoms with Crippen LogP contribution in [-0.4, -0.2) is 9.97 Å². The molecule has 6 nitrogen and oxygen atoms in total. The molecule has 1 heterocycles. The van der Waals surface area contributed by atoms with Gasteiger partial charge in [-0.2, -0.15) is 10.2 Å². The number of nitrogens with two attached hydrogens (primary N) is 1. The third kappa shape index (κ3) is 2.53. The van der Waals surface area contributed by atoms with Gasteiger partial charge in [0.2, 0.25) is 11.8 Å². The molecular formula is C12H11N5O. The zero-order valence-electron chi connectivity index (χ0n) is 9.71. The molecule has 0 radical (unpaired) electrons. The van der Waals surface area contributed by atoms with Crippen LogP contribution in [0.2, 0.25) is 0 Å². The quantitative estimate of drug-likeness (QED) is 0.627. The van der Waals surface area contributed by atoms with Gasteiger partial charge in [-0.3, -0.25) is 5.43 Å². The SMILES string of the molecule is Cc1ccc(C#N)cc1Oc1ccnc(NN)n1. The van der Waals surface area contributed by atoms with Crippen LogP contribution < -0.4 is 16.0 Å². The van der Waals surface area contributed by atoms with E-state index in [0.717, 1.165) is 5.56 Å². The van der Waals surface area contributed by atoms with E-state index in [1.165, 1.54) is 6.20 Å². The summed E-state index contributed by atoms with van der Waals surface area (Å²) in [4.78, 5) is 7.91. The van der Waals surface area contributed by atoms with E-state index in [4.69, 9.17) is 15.8 Å². The minimum Gasteiger partial charge on any atom is -0.439 e.